The third-order valence-electron chi connectivity index (χ3n) is 5.39. The van der Waals surface area contributed by atoms with Gasteiger partial charge in [-0.15, -0.1) is 0 Å². The van der Waals surface area contributed by atoms with Crippen LogP contribution in [0.1, 0.15) is 27.3 Å². The van der Waals surface area contributed by atoms with E-state index in [1.54, 1.807) is 32.2 Å². The summed E-state index contributed by atoms with van der Waals surface area (Å²) < 4.78 is 40.4. The van der Waals surface area contributed by atoms with Crippen LogP contribution in [-0.4, -0.2) is 43.6 Å². The number of fused-ring (bicyclic) bond motifs is 1. The Morgan fingerprint density at radius 2 is 1.83 bits per heavy atom. The van der Waals surface area contributed by atoms with Gasteiger partial charge in [0.15, 0.2) is 5.82 Å². The predicted octanol–water partition coefficient (Wildman–Crippen LogP) is 3.29. The minimum absolute atomic E-state index is 0.0484. The summed E-state index contributed by atoms with van der Waals surface area (Å²) in [6.45, 7) is 3.11. The van der Waals surface area contributed by atoms with E-state index < -0.39 is 17.8 Å². The SMILES string of the molecule is Cc1cc(-c2ncc3nc(C(F)(F)F)cc(C)c3n2)ccc1N(C)C(=O)c1ccnn1CC(N)=O. The molecule has 180 valence electrons. The maximum absolute atomic E-state index is 13.1. The van der Waals surface area contributed by atoms with E-state index in [9.17, 15) is 22.8 Å². The third kappa shape index (κ3) is 4.67. The van der Waals surface area contributed by atoms with Gasteiger partial charge in [-0.25, -0.2) is 15.0 Å². The molecule has 0 aliphatic rings. The number of primary amides is 1. The molecule has 0 fully saturated rings. The van der Waals surface area contributed by atoms with Crippen molar-refractivity contribution in [2.24, 2.45) is 5.73 Å². The summed E-state index contributed by atoms with van der Waals surface area (Å²) in [4.78, 5) is 37.9. The van der Waals surface area contributed by atoms with Crippen LogP contribution in [0, 0.1) is 13.8 Å². The fourth-order valence-corrected chi connectivity index (χ4v) is 3.71. The number of carbonyl (C=O) groups is 2. The van der Waals surface area contributed by atoms with Gasteiger partial charge in [0.25, 0.3) is 5.91 Å². The smallest absolute Gasteiger partial charge is 0.368 e. The lowest BCUT2D eigenvalue weighted by atomic mass is 10.1. The number of nitrogens with two attached hydrogens (primary N) is 1. The van der Waals surface area contributed by atoms with Crippen LogP contribution in [0.2, 0.25) is 0 Å². The Morgan fingerprint density at radius 1 is 1.09 bits per heavy atom. The number of aromatic nitrogens is 5. The van der Waals surface area contributed by atoms with E-state index in [0.29, 0.717) is 28.2 Å². The predicted molar refractivity (Wildman–Crippen MR) is 121 cm³/mol. The summed E-state index contributed by atoms with van der Waals surface area (Å²) in [7, 11) is 1.59. The van der Waals surface area contributed by atoms with Gasteiger partial charge in [0.2, 0.25) is 5.91 Å². The van der Waals surface area contributed by atoms with Gasteiger partial charge < -0.3 is 10.6 Å². The minimum atomic E-state index is -4.56. The molecule has 0 bridgehead atoms. The van der Waals surface area contributed by atoms with E-state index >= 15 is 0 Å². The topological polar surface area (TPSA) is 120 Å². The molecular weight excluding hydrogens is 463 g/mol. The van der Waals surface area contributed by atoms with Crippen LogP contribution in [0.15, 0.2) is 42.7 Å². The van der Waals surface area contributed by atoms with Crippen molar-refractivity contribution < 1.29 is 22.8 Å². The third-order valence-corrected chi connectivity index (χ3v) is 5.39. The Kier molecular flexibility index (Phi) is 5.97. The van der Waals surface area contributed by atoms with Crippen molar-refractivity contribution in [2.45, 2.75) is 26.6 Å². The first-order valence-corrected chi connectivity index (χ1v) is 10.4. The minimum Gasteiger partial charge on any atom is -0.368 e. The highest BCUT2D eigenvalue weighted by Crippen LogP contribution is 2.31. The van der Waals surface area contributed by atoms with Crippen LogP contribution in [-0.2, 0) is 17.5 Å². The van der Waals surface area contributed by atoms with E-state index in [0.717, 1.165) is 11.6 Å². The molecule has 0 spiro atoms. The van der Waals surface area contributed by atoms with E-state index in [4.69, 9.17) is 5.73 Å². The van der Waals surface area contributed by atoms with Crippen LogP contribution in [0.5, 0.6) is 0 Å². The number of benzene rings is 1. The second-order valence-electron chi connectivity index (χ2n) is 7.96. The Labute approximate surface area is 197 Å². The van der Waals surface area contributed by atoms with Gasteiger partial charge in [0.1, 0.15) is 23.4 Å². The van der Waals surface area contributed by atoms with Crippen molar-refractivity contribution >= 4 is 28.5 Å². The highest BCUT2D eigenvalue weighted by molar-refractivity contribution is 6.05. The van der Waals surface area contributed by atoms with Crippen molar-refractivity contribution in [3.05, 3.63) is 65.2 Å². The maximum atomic E-state index is 13.1. The molecule has 0 aliphatic heterocycles. The summed E-state index contributed by atoms with van der Waals surface area (Å²) in [5, 5.41) is 3.96. The largest absolute Gasteiger partial charge is 0.433 e. The summed E-state index contributed by atoms with van der Waals surface area (Å²) in [6, 6.07) is 7.64. The monoisotopic (exact) mass is 483 g/mol. The van der Waals surface area contributed by atoms with Gasteiger partial charge in [0.05, 0.1) is 11.7 Å². The highest BCUT2D eigenvalue weighted by atomic mass is 19.4. The first kappa shape index (κ1) is 23.8. The zero-order chi connectivity index (χ0) is 25.5. The number of carbonyl (C=O) groups excluding carboxylic acids is 2. The van der Waals surface area contributed by atoms with Gasteiger partial charge in [-0.1, -0.05) is 0 Å². The standard InChI is InChI=1S/C23H20F3N7O2/c1-12-8-14(21-28-10-15-20(31-21)13(2)9-18(30-15)23(24,25)26)4-5-16(12)32(3)22(35)17-6-7-29-33(17)11-19(27)34/h4-10H,11H2,1-3H3,(H2,27,34). The number of rotatable bonds is 5. The van der Waals surface area contributed by atoms with E-state index in [1.165, 1.54) is 35.0 Å². The molecule has 3 aromatic heterocycles. The number of anilines is 1. The van der Waals surface area contributed by atoms with Crippen molar-refractivity contribution in [1.29, 1.82) is 0 Å². The number of pyridine rings is 1. The average molecular weight is 483 g/mol. The van der Waals surface area contributed by atoms with Crippen LogP contribution >= 0.6 is 0 Å². The first-order valence-electron chi connectivity index (χ1n) is 10.4. The molecule has 0 saturated heterocycles. The highest BCUT2D eigenvalue weighted by Gasteiger charge is 2.33. The van der Waals surface area contributed by atoms with Gasteiger partial charge in [-0.3, -0.25) is 14.3 Å². The van der Waals surface area contributed by atoms with Crippen molar-refractivity contribution in [3.63, 3.8) is 0 Å². The van der Waals surface area contributed by atoms with Crippen LogP contribution in [0.3, 0.4) is 0 Å². The fourth-order valence-electron chi connectivity index (χ4n) is 3.71. The Hall–Kier alpha value is -4.35. The van der Waals surface area contributed by atoms with Crippen molar-refractivity contribution in [3.8, 4) is 11.4 Å². The zero-order valence-corrected chi connectivity index (χ0v) is 19.0. The second-order valence-corrected chi connectivity index (χ2v) is 7.96. The Balaban J connectivity index is 1.65. The number of hydrogen-bond donors (Lipinski definition) is 1. The normalized spacial score (nSPS) is 11.6. The van der Waals surface area contributed by atoms with Crippen molar-refractivity contribution in [2.75, 3.05) is 11.9 Å². The van der Waals surface area contributed by atoms with E-state index in [2.05, 4.69) is 20.1 Å². The summed E-state index contributed by atoms with van der Waals surface area (Å²) in [5.74, 6) is -0.699. The molecule has 4 rings (SSSR count). The Morgan fingerprint density at radius 3 is 2.49 bits per heavy atom. The molecule has 2 amide bonds. The molecule has 1 aromatic carbocycles. The number of amides is 2. The maximum Gasteiger partial charge on any atom is 0.433 e. The molecule has 2 N–H and O–H groups in total. The lowest BCUT2D eigenvalue weighted by Gasteiger charge is -2.20. The summed E-state index contributed by atoms with van der Waals surface area (Å²) in [5.41, 5.74) is 7.06. The fraction of sp³-hybridized carbons (Fsp3) is 0.217. The van der Waals surface area contributed by atoms with E-state index in [1.807, 2.05) is 0 Å². The van der Waals surface area contributed by atoms with Gasteiger partial charge in [-0.05, 0) is 55.3 Å². The first-order chi connectivity index (χ1) is 16.5. The molecule has 12 heteroatoms. The second kappa shape index (κ2) is 8.78. The summed E-state index contributed by atoms with van der Waals surface area (Å²) >= 11 is 0. The number of aryl methyl sites for hydroxylation is 2. The van der Waals surface area contributed by atoms with Crippen LogP contribution in [0.4, 0.5) is 18.9 Å². The molecule has 4 aromatic rings. The number of halogens is 3. The van der Waals surface area contributed by atoms with Gasteiger partial charge in [0, 0.05) is 24.5 Å². The molecule has 3 heterocycles. The molecule has 9 nitrogen and oxygen atoms in total. The molecule has 0 aliphatic carbocycles. The zero-order valence-electron chi connectivity index (χ0n) is 19.0. The van der Waals surface area contributed by atoms with Gasteiger partial charge in [-0.2, -0.15) is 18.3 Å². The number of nitrogens with zero attached hydrogens (tertiary/aromatic N) is 6. The van der Waals surface area contributed by atoms with Gasteiger partial charge >= 0.3 is 6.18 Å². The molecule has 0 saturated carbocycles. The Bertz CT molecular complexity index is 1460. The lowest BCUT2D eigenvalue weighted by Crippen LogP contribution is -2.31. The number of hydrogen-bond acceptors (Lipinski definition) is 6. The van der Waals surface area contributed by atoms with Crippen LogP contribution < -0.4 is 10.6 Å². The summed E-state index contributed by atoms with van der Waals surface area (Å²) in [6.07, 6.45) is -1.89. The molecule has 0 unspecified atom stereocenters. The average Bonchev–Trinajstić information content (AvgIpc) is 3.24. The molecule has 35 heavy (non-hydrogen) atoms. The number of alkyl halides is 3. The van der Waals surface area contributed by atoms with E-state index in [-0.39, 0.29) is 23.7 Å². The molecular formula is C23H20F3N7O2. The quantitative estimate of drug-likeness (QED) is 0.465. The van der Waals surface area contributed by atoms with Crippen LogP contribution in [0.25, 0.3) is 22.4 Å². The van der Waals surface area contributed by atoms with Crippen molar-refractivity contribution in [1.82, 2.24) is 24.7 Å². The molecule has 0 atom stereocenters. The lowest BCUT2D eigenvalue weighted by molar-refractivity contribution is -0.141. The molecule has 0 radical (unpaired) electrons.